The molecule has 0 radical (unpaired) electrons. The van der Waals surface area contributed by atoms with Gasteiger partial charge in [-0.15, -0.1) is 0 Å². The van der Waals surface area contributed by atoms with Gasteiger partial charge in [0.15, 0.2) is 0 Å². The van der Waals surface area contributed by atoms with Gasteiger partial charge in [-0.05, 0) is 105 Å². The second-order valence-corrected chi connectivity index (χ2v) is 15.5. The van der Waals surface area contributed by atoms with Gasteiger partial charge in [-0.3, -0.25) is 9.59 Å². The summed E-state index contributed by atoms with van der Waals surface area (Å²) in [5.41, 5.74) is 0.753. The molecule has 0 aromatic rings. The van der Waals surface area contributed by atoms with E-state index in [9.17, 15) is 14.7 Å². The Labute approximate surface area is 229 Å². The smallest absolute Gasteiger partial charge is 0.309 e. The van der Waals surface area contributed by atoms with Gasteiger partial charge in [0.25, 0.3) is 0 Å². The van der Waals surface area contributed by atoms with Crippen LogP contribution in [0.5, 0.6) is 0 Å². The minimum Gasteiger partial charge on any atom is -0.481 e. The predicted molar refractivity (Wildman–Crippen MR) is 146 cm³/mol. The molecule has 7 rings (SSSR count). The normalized spacial score (nSPS) is 52.2. The summed E-state index contributed by atoms with van der Waals surface area (Å²) in [4.78, 5) is 25.4. The van der Waals surface area contributed by atoms with E-state index in [0.29, 0.717) is 36.7 Å². The number of esters is 1. The maximum Gasteiger partial charge on any atom is 0.309 e. The zero-order valence-corrected chi connectivity index (χ0v) is 24.7. The summed E-state index contributed by atoms with van der Waals surface area (Å²) in [7, 11) is 0. The minimum absolute atomic E-state index is 0.107. The first-order valence-electron chi connectivity index (χ1n) is 15.5. The fraction of sp³-hybridized carbons (Fsp3) is 0.879. The van der Waals surface area contributed by atoms with E-state index < -0.39 is 17.2 Å². The lowest BCUT2D eigenvalue weighted by molar-refractivity contribution is -0.401. The Morgan fingerprint density at radius 2 is 1.66 bits per heavy atom. The van der Waals surface area contributed by atoms with Crippen molar-refractivity contribution in [1.82, 2.24) is 0 Å². The van der Waals surface area contributed by atoms with Crippen molar-refractivity contribution < 1.29 is 24.2 Å². The molecule has 0 aromatic carbocycles. The van der Waals surface area contributed by atoms with Crippen molar-refractivity contribution in [3.05, 3.63) is 12.2 Å². The van der Waals surface area contributed by atoms with Crippen molar-refractivity contribution >= 4 is 11.9 Å². The SMILES string of the molecule is C=C(C)[C@@H]1CC[C@]2(C(=O)O)CC[C@]3(C)[C@H](CC[C@@H]4[C@]56CC[C@@](OC(=O)CC)(OC5)C(C)(C)[C@@H]6CC[C@]43C)[C@@H]12. The van der Waals surface area contributed by atoms with Crippen LogP contribution in [0.1, 0.15) is 112 Å². The van der Waals surface area contributed by atoms with E-state index in [0.717, 1.165) is 57.8 Å². The minimum atomic E-state index is -0.800. The lowest BCUT2D eigenvalue weighted by atomic mass is 9.31. The first kappa shape index (κ1) is 26.8. The van der Waals surface area contributed by atoms with Crippen LogP contribution in [0.2, 0.25) is 0 Å². The third kappa shape index (κ3) is 2.93. The fourth-order valence-corrected chi connectivity index (χ4v) is 12.4. The molecule has 10 atom stereocenters. The molecule has 2 bridgehead atoms. The number of carboxylic acid groups (broad SMARTS) is 1. The summed E-state index contributed by atoms with van der Waals surface area (Å²) in [6.07, 6.45) is 10.4. The Morgan fingerprint density at radius 3 is 2.26 bits per heavy atom. The molecule has 7 fully saturated rings. The van der Waals surface area contributed by atoms with Crippen LogP contribution in [0.4, 0.5) is 0 Å². The zero-order valence-electron chi connectivity index (χ0n) is 24.7. The molecule has 1 N–H and O–H groups in total. The average Bonchev–Trinajstić information content (AvgIpc) is 3.27. The molecule has 0 amide bonds. The number of fused-ring (bicyclic) bond motifs is 7. The molecule has 2 saturated heterocycles. The van der Waals surface area contributed by atoms with E-state index in [4.69, 9.17) is 9.47 Å². The number of carbonyl (C=O) groups is 2. The average molecular weight is 527 g/mol. The van der Waals surface area contributed by atoms with Crippen molar-refractivity contribution in [3.8, 4) is 0 Å². The highest BCUT2D eigenvalue weighted by atomic mass is 16.7. The zero-order chi connectivity index (χ0) is 27.5. The van der Waals surface area contributed by atoms with Crippen LogP contribution in [0, 0.1) is 56.7 Å². The number of allylic oxidation sites excluding steroid dienone is 1. The number of carboxylic acids is 1. The number of rotatable bonds is 4. The van der Waals surface area contributed by atoms with Gasteiger partial charge < -0.3 is 14.6 Å². The second kappa shape index (κ2) is 8.10. The van der Waals surface area contributed by atoms with E-state index in [-0.39, 0.29) is 33.5 Å². The lowest BCUT2D eigenvalue weighted by Crippen LogP contribution is -2.74. The summed E-state index contributed by atoms with van der Waals surface area (Å²) in [5, 5.41) is 10.6. The van der Waals surface area contributed by atoms with E-state index in [1.807, 2.05) is 6.92 Å². The van der Waals surface area contributed by atoms with Gasteiger partial charge in [0, 0.05) is 23.7 Å². The maximum atomic E-state index is 12.9. The van der Waals surface area contributed by atoms with Gasteiger partial charge in [0.05, 0.1) is 12.0 Å². The number of ether oxygens (including phenoxy) is 2. The van der Waals surface area contributed by atoms with Crippen LogP contribution in [0.25, 0.3) is 0 Å². The molecule has 2 heterocycles. The Balaban J connectivity index is 1.38. The third-order valence-corrected chi connectivity index (χ3v) is 14.5. The summed E-state index contributed by atoms with van der Waals surface area (Å²) >= 11 is 0. The third-order valence-electron chi connectivity index (χ3n) is 14.5. The van der Waals surface area contributed by atoms with Gasteiger partial charge in [0.2, 0.25) is 5.79 Å². The Morgan fingerprint density at radius 1 is 0.921 bits per heavy atom. The molecule has 5 nitrogen and oxygen atoms in total. The Hall–Kier alpha value is -1.36. The monoisotopic (exact) mass is 526 g/mol. The van der Waals surface area contributed by atoms with E-state index in [1.54, 1.807) is 0 Å². The summed E-state index contributed by atoms with van der Waals surface area (Å²) in [5.74, 6) is 0.460. The quantitative estimate of drug-likeness (QED) is 0.305. The molecule has 5 saturated carbocycles. The van der Waals surface area contributed by atoms with E-state index >= 15 is 0 Å². The summed E-state index contributed by atoms with van der Waals surface area (Å²) < 4.78 is 12.8. The molecule has 5 heteroatoms. The van der Waals surface area contributed by atoms with Crippen LogP contribution < -0.4 is 0 Å². The van der Waals surface area contributed by atoms with Gasteiger partial charge >= 0.3 is 11.9 Å². The molecular formula is C33H50O5. The van der Waals surface area contributed by atoms with Crippen molar-refractivity contribution in [3.63, 3.8) is 0 Å². The number of hydrogen-bond donors (Lipinski definition) is 1. The Bertz CT molecular complexity index is 1050. The molecule has 7 aliphatic rings. The fourth-order valence-electron chi connectivity index (χ4n) is 12.4. The van der Waals surface area contributed by atoms with Gasteiger partial charge in [-0.1, -0.05) is 46.8 Å². The van der Waals surface area contributed by atoms with Crippen LogP contribution in [-0.4, -0.2) is 29.4 Å². The van der Waals surface area contributed by atoms with Crippen LogP contribution in [0.3, 0.4) is 0 Å². The molecule has 2 aliphatic heterocycles. The number of carbonyl (C=O) groups excluding carboxylic acids is 1. The molecular weight excluding hydrogens is 476 g/mol. The van der Waals surface area contributed by atoms with Crippen molar-refractivity contribution in [2.75, 3.05) is 6.61 Å². The summed E-state index contributed by atoms with van der Waals surface area (Å²) in [6.45, 7) is 18.8. The first-order chi connectivity index (χ1) is 17.7. The van der Waals surface area contributed by atoms with Crippen LogP contribution in [-0.2, 0) is 19.1 Å². The van der Waals surface area contributed by atoms with Crippen LogP contribution in [0.15, 0.2) is 12.2 Å². The molecule has 38 heavy (non-hydrogen) atoms. The molecule has 0 aromatic heterocycles. The summed E-state index contributed by atoms with van der Waals surface area (Å²) in [6, 6.07) is 0. The highest BCUT2D eigenvalue weighted by Gasteiger charge is 2.76. The first-order valence-corrected chi connectivity index (χ1v) is 15.5. The Kier molecular flexibility index (Phi) is 5.72. The predicted octanol–water partition coefficient (Wildman–Crippen LogP) is 7.39. The molecule has 212 valence electrons. The number of hydrogen-bond acceptors (Lipinski definition) is 4. The lowest BCUT2D eigenvalue weighted by Gasteiger charge is -2.76. The number of aliphatic carboxylic acids is 1. The molecule has 1 spiro atoms. The largest absolute Gasteiger partial charge is 0.481 e. The van der Waals surface area contributed by atoms with Gasteiger partial charge in [-0.2, -0.15) is 0 Å². The van der Waals surface area contributed by atoms with Gasteiger partial charge in [0.1, 0.15) is 0 Å². The van der Waals surface area contributed by atoms with E-state index in [1.165, 1.54) is 12.0 Å². The highest BCUT2D eigenvalue weighted by molar-refractivity contribution is 5.76. The highest BCUT2D eigenvalue weighted by Crippen LogP contribution is 2.79. The van der Waals surface area contributed by atoms with E-state index in [2.05, 4.69) is 41.2 Å². The van der Waals surface area contributed by atoms with Crippen molar-refractivity contribution in [2.24, 2.45) is 56.7 Å². The second-order valence-electron chi connectivity index (χ2n) is 15.5. The van der Waals surface area contributed by atoms with Crippen molar-refractivity contribution in [1.29, 1.82) is 0 Å². The molecule has 5 aliphatic carbocycles. The topological polar surface area (TPSA) is 72.8 Å². The molecule has 0 unspecified atom stereocenters. The van der Waals surface area contributed by atoms with Gasteiger partial charge in [-0.25, -0.2) is 0 Å². The maximum absolute atomic E-state index is 12.9. The van der Waals surface area contributed by atoms with Crippen LogP contribution >= 0.6 is 0 Å². The van der Waals surface area contributed by atoms with Crippen molar-refractivity contribution in [2.45, 2.75) is 118 Å². The standard InChI is InChI=1S/C33H50O5/c1-8-25(34)38-33-18-17-32(19-37-33)23(28(33,4)5)12-13-30(7)24(32)10-9-22-26-21(20(2)3)11-14-31(26,27(35)36)16-15-29(22,30)6/h21-24,26H,2,8-19H2,1,3-7H3,(H,35,36)/t21-,22+,23-,24-,26+,29+,30+,31-,32+,33-/m0/s1.